The number of carbonyl (C=O) groups is 2. The van der Waals surface area contributed by atoms with Gasteiger partial charge < -0.3 is 20.3 Å². The van der Waals surface area contributed by atoms with Gasteiger partial charge in [-0.2, -0.15) is 0 Å². The van der Waals surface area contributed by atoms with Crippen LogP contribution < -0.4 is 5.32 Å². The van der Waals surface area contributed by atoms with Gasteiger partial charge in [-0.05, 0) is 51.4 Å². The minimum absolute atomic E-state index is 0.0739. The summed E-state index contributed by atoms with van der Waals surface area (Å²) in [5, 5.41) is 23.7. The molecule has 3 N–H and O–H groups in total. The van der Waals surface area contributed by atoms with Crippen molar-refractivity contribution in [3.05, 3.63) is 12.2 Å². The number of esters is 1. The number of carbonyl (C=O) groups excluding carboxylic acids is 2. The van der Waals surface area contributed by atoms with Crippen LogP contribution in [-0.2, 0) is 14.3 Å². The van der Waals surface area contributed by atoms with E-state index in [1.807, 2.05) is 0 Å². The van der Waals surface area contributed by atoms with Crippen molar-refractivity contribution in [2.45, 2.75) is 302 Å². The predicted octanol–water partition coefficient (Wildman–Crippen LogP) is 15.3. The lowest BCUT2D eigenvalue weighted by molar-refractivity contribution is -0.151. The summed E-state index contributed by atoms with van der Waals surface area (Å²) < 4.78 is 5.93. The Kier molecular flexibility index (Phi) is 45.5. The van der Waals surface area contributed by atoms with Crippen molar-refractivity contribution >= 4 is 11.9 Å². The minimum atomic E-state index is -0.784. The molecule has 0 aliphatic heterocycles. The van der Waals surface area contributed by atoms with E-state index in [1.54, 1.807) is 0 Å². The van der Waals surface area contributed by atoms with E-state index in [2.05, 4.69) is 38.2 Å². The average Bonchev–Trinajstić information content (AvgIpc) is 3.22. The molecular weight excluding hydrogens is 719 g/mol. The monoisotopic (exact) mass is 820 g/mol. The first-order valence-corrected chi connectivity index (χ1v) is 25.9. The molecule has 0 spiro atoms. The number of unbranched alkanes of at least 4 members (excludes halogenated alkanes) is 33. The summed E-state index contributed by atoms with van der Waals surface area (Å²) in [5.41, 5.74) is 0. The Balaban J connectivity index is 4.57. The standard InChI is InChI=1S/C52H101NO5/c1-4-7-10-13-16-19-22-24-25-26-28-29-31-34-37-40-43-48(58-52(57)45-42-39-36-33-30-27-23-20-17-14-11-8-5-2)46-51(56)53-49(47-54)50(55)44-41-38-35-32-21-18-15-12-9-6-3/h28-29,48-50,54-55H,4-27,30-47H2,1-3H3,(H,53,56)/b29-28+. The molecule has 0 aliphatic carbocycles. The maximum absolute atomic E-state index is 13.2. The summed E-state index contributed by atoms with van der Waals surface area (Å²) in [7, 11) is 0. The minimum Gasteiger partial charge on any atom is -0.462 e. The fourth-order valence-corrected chi connectivity index (χ4v) is 8.13. The third kappa shape index (κ3) is 41.3. The molecule has 3 atom stereocenters. The first-order chi connectivity index (χ1) is 28.5. The number of amides is 1. The number of ether oxygens (including phenoxy) is 1. The van der Waals surface area contributed by atoms with E-state index >= 15 is 0 Å². The zero-order chi connectivity index (χ0) is 42.4. The zero-order valence-corrected chi connectivity index (χ0v) is 39.2. The Bertz CT molecular complexity index is 878. The molecule has 0 radical (unpaired) electrons. The molecule has 0 aliphatic rings. The number of allylic oxidation sites excluding steroid dienone is 2. The molecule has 0 bridgehead atoms. The number of hydrogen-bond donors (Lipinski definition) is 3. The summed E-state index contributed by atoms with van der Waals surface area (Å²) in [6.45, 7) is 6.49. The maximum Gasteiger partial charge on any atom is 0.306 e. The molecule has 3 unspecified atom stereocenters. The van der Waals surface area contributed by atoms with Gasteiger partial charge in [0, 0.05) is 6.42 Å². The fourth-order valence-electron chi connectivity index (χ4n) is 8.13. The molecule has 0 aromatic rings. The zero-order valence-electron chi connectivity index (χ0n) is 39.2. The van der Waals surface area contributed by atoms with Crippen LogP contribution in [0, 0.1) is 0 Å². The van der Waals surface area contributed by atoms with Crippen LogP contribution in [0.25, 0.3) is 0 Å². The number of nitrogens with one attached hydrogen (secondary N) is 1. The Morgan fingerprint density at radius 3 is 1.24 bits per heavy atom. The first kappa shape index (κ1) is 56.6. The average molecular weight is 820 g/mol. The summed E-state index contributed by atoms with van der Waals surface area (Å²) in [5.74, 6) is -0.473. The van der Waals surface area contributed by atoms with Gasteiger partial charge in [0.25, 0.3) is 0 Å². The molecule has 58 heavy (non-hydrogen) atoms. The second kappa shape index (κ2) is 46.7. The number of hydrogen-bond acceptors (Lipinski definition) is 5. The normalized spacial score (nSPS) is 13.3. The van der Waals surface area contributed by atoms with E-state index < -0.39 is 18.2 Å². The van der Waals surface area contributed by atoms with Gasteiger partial charge in [-0.15, -0.1) is 0 Å². The highest BCUT2D eigenvalue weighted by Gasteiger charge is 2.24. The molecule has 0 fully saturated rings. The number of rotatable bonds is 47. The summed E-state index contributed by atoms with van der Waals surface area (Å²) in [6.07, 6.45) is 51.3. The Hall–Kier alpha value is -1.40. The maximum atomic E-state index is 13.2. The van der Waals surface area contributed by atoms with Gasteiger partial charge in [-0.1, -0.05) is 232 Å². The van der Waals surface area contributed by atoms with Crippen LogP contribution in [0.2, 0.25) is 0 Å². The smallest absolute Gasteiger partial charge is 0.306 e. The van der Waals surface area contributed by atoms with E-state index in [9.17, 15) is 19.8 Å². The van der Waals surface area contributed by atoms with E-state index in [4.69, 9.17) is 4.74 Å². The fraction of sp³-hybridized carbons (Fsp3) is 0.923. The Morgan fingerprint density at radius 1 is 0.483 bits per heavy atom. The van der Waals surface area contributed by atoms with Crippen molar-refractivity contribution in [3.63, 3.8) is 0 Å². The van der Waals surface area contributed by atoms with Crippen LogP contribution in [0.4, 0.5) is 0 Å². The molecular formula is C52H101NO5. The Morgan fingerprint density at radius 2 is 0.828 bits per heavy atom. The molecule has 0 rings (SSSR count). The molecule has 0 heterocycles. The quantitative estimate of drug-likeness (QED) is 0.0323. The highest BCUT2D eigenvalue weighted by molar-refractivity contribution is 5.77. The molecule has 1 amide bonds. The molecule has 0 aromatic carbocycles. The third-order valence-corrected chi connectivity index (χ3v) is 12.1. The topological polar surface area (TPSA) is 95.9 Å². The highest BCUT2D eigenvalue weighted by Crippen LogP contribution is 2.18. The van der Waals surface area contributed by atoms with Crippen LogP contribution >= 0.6 is 0 Å². The Labute approximate surface area is 361 Å². The van der Waals surface area contributed by atoms with Crippen molar-refractivity contribution in [2.75, 3.05) is 6.61 Å². The van der Waals surface area contributed by atoms with Crippen molar-refractivity contribution in [1.29, 1.82) is 0 Å². The summed E-state index contributed by atoms with van der Waals surface area (Å²) in [4.78, 5) is 26.1. The lowest BCUT2D eigenvalue weighted by atomic mass is 10.0. The van der Waals surface area contributed by atoms with Crippen LogP contribution in [0.1, 0.15) is 284 Å². The second-order valence-corrected chi connectivity index (χ2v) is 17.9. The molecule has 0 saturated carbocycles. The van der Waals surface area contributed by atoms with Gasteiger partial charge in [-0.25, -0.2) is 0 Å². The van der Waals surface area contributed by atoms with Crippen molar-refractivity contribution in [3.8, 4) is 0 Å². The van der Waals surface area contributed by atoms with Crippen molar-refractivity contribution in [1.82, 2.24) is 5.32 Å². The van der Waals surface area contributed by atoms with Crippen LogP contribution in [-0.4, -0.2) is 46.9 Å². The van der Waals surface area contributed by atoms with E-state index in [0.717, 1.165) is 57.8 Å². The molecule has 6 nitrogen and oxygen atoms in total. The van der Waals surface area contributed by atoms with Gasteiger partial charge in [0.05, 0.1) is 25.2 Å². The lowest BCUT2D eigenvalue weighted by Gasteiger charge is -2.24. The molecule has 6 heteroatoms. The summed E-state index contributed by atoms with van der Waals surface area (Å²) >= 11 is 0. The highest BCUT2D eigenvalue weighted by atomic mass is 16.5. The predicted molar refractivity (Wildman–Crippen MR) is 250 cm³/mol. The number of aliphatic hydroxyl groups is 2. The van der Waals surface area contributed by atoms with E-state index in [-0.39, 0.29) is 24.9 Å². The van der Waals surface area contributed by atoms with Crippen molar-refractivity contribution < 1.29 is 24.5 Å². The number of aliphatic hydroxyl groups excluding tert-OH is 2. The van der Waals surface area contributed by atoms with Crippen LogP contribution in [0.3, 0.4) is 0 Å². The molecule has 344 valence electrons. The van der Waals surface area contributed by atoms with Crippen molar-refractivity contribution in [2.24, 2.45) is 0 Å². The lowest BCUT2D eigenvalue weighted by Crippen LogP contribution is -2.46. The van der Waals surface area contributed by atoms with Gasteiger partial charge in [0.2, 0.25) is 5.91 Å². The summed E-state index contributed by atoms with van der Waals surface area (Å²) in [6, 6.07) is -0.699. The largest absolute Gasteiger partial charge is 0.462 e. The molecule has 0 saturated heterocycles. The third-order valence-electron chi connectivity index (χ3n) is 12.1. The first-order valence-electron chi connectivity index (χ1n) is 25.9. The van der Waals surface area contributed by atoms with Gasteiger partial charge in [0.15, 0.2) is 0 Å². The van der Waals surface area contributed by atoms with Gasteiger partial charge in [0.1, 0.15) is 6.10 Å². The van der Waals surface area contributed by atoms with E-state index in [0.29, 0.717) is 19.3 Å². The van der Waals surface area contributed by atoms with Gasteiger partial charge in [-0.3, -0.25) is 9.59 Å². The van der Waals surface area contributed by atoms with Crippen LogP contribution in [0.5, 0.6) is 0 Å². The van der Waals surface area contributed by atoms with Gasteiger partial charge >= 0.3 is 5.97 Å². The SMILES string of the molecule is CCCCCCCCCCC/C=C/CCCCCC(CC(=O)NC(CO)C(O)CCCCCCCCCCCC)OC(=O)CCCCCCCCCCCCCCC. The molecule has 0 aromatic heterocycles. The second-order valence-electron chi connectivity index (χ2n) is 17.9. The van der Waals surface area contributed by atoms with Crippen LogP contribution in [0.15, 0.2) is 12.2 Å². The van der Waals surface area contributed by atoms with E-state index in [1.165, 1.54) is 180 Å².